The maximum atomic E-state index is 13.3. The summed E-state index contributed by atoms with van der Waals surface area (Å²) in [4.78, 5) is 40.0. The van der Waals surface area contributed by atoms with Crippen LogP contribution in [0.4, 0.5) is 0 Å². The number of fused-ring (bicyclic) bond motifs is 3. The molecule has 1 saturated heterocycles. The van der Waals surface area contributed by atoms with E-state index in [2.05, 4.69) is 0 Å². The Hall–Kier alpha value is -1.93. The monoisotopic (exact) mass is 437 g/mol. The first-order valence-corrected chi connectivity index (χ1v) is 11.1. The van der Waals surface area contributed by atoms with Gasteiger partial charge in [0.15, 0.2) is 0 Å². The summed E-state index contributed by atoms with van der Waals surface area (Å²) in [5.74, 6) is -2.30. The van der Waals surface area contributed by atoms with E-state index < -0.39 is 35.7 Å². The summed E-state index contributed by atoms with van der Waals surface area (Å²) in [6, 6.07) is -0.266. The zero-order valence-electron chi connectivity index (χ0n) is 19.5. The first-order valence-electron chi connectivity index (χ1n) is 11.1. The Morgan fingerprint density at radius 3 is 2.29 bits per heavy atom. The molecule has 0 bridgehead atoms. The fraction of sp³-hybridized carbons (Fsp3) is 0.783. The predicted molar refractivity (Wildman–Crippen MR) is 111 cm³/mol. The molecule has 1 N–H and O–H groups in total. The summed E-state index contributed by atoms with van der Waals surface area (Å²) in [6.45, 7) is 10.4. The highest BCUT2D eigenvalue weighted by atomic mass is 16.7. The number of aliphatic hydroxyl groups excluding tert-OH is 1. The first-order chi connectivity index (χ1) is 14.4. The van der Waals surface area contributed by atoms with E-state index in [4.69, 9.17) is 14.2 Å². The van der Waals surface area contributed by atoms with Crippen LogP contribution in [0.3, 0.4) is 0 Å². The van der Waals surface area contributed by atoms with Gasteiger partial charge in [0.25, 0.3) is 0 Å². The van der Waals surface area contributed by atoms with Gasteiger partial charge >= 0.3 is 11.9 Å². The Morgan fingerprint density at radius 1 is 1.13 bits per heavy atom. The summed E-state index contributed by atoms with van der Waals surface area (Å²) in [7, 11) is 1.59. The number of hydrogen-bond acceptors (Lipinski definition) is 7. The molecule has 8 heteroatoms. The molecule has 0 spiro atoms. The lowest BCUT2D eigenvalue weighted by Gasteiger charge is -2.47. The summed E-state index contributed by atoms with van der Waals surface area (Å²) in [5.41, 5.74) is 0.221. The van der Waals surface area contributed by atoms with Crippen LogP contribution in [0.2, 0.25) is 0 Å². The van der Waals surface area contributed by atoms with Crippen LogP contribution < -0.4 is 0 Å². The van der Waals surface area contributed by atoms with Gasteiger partial charge in [-0.05, 0) is 52.5 Å². The predicted octanol–water partition coefficient (Wildman–Crippen LogP) is 2.39. The van der Waals surface area contributed by atoms with Crippen molar-refractivity contribution in [3.05, 3.63) is 11.3 Å². The highest BCUT2D eigenvalue weighted by Gasteiger charge is 2.62. The summed E-state index contributed by atoms with van der Waals surface area (Å²) < 4.78 is 16.8. The molecular formula is C23H35NO7. The molecule has 0 radical (unpaired) electrons. The minimum Gasteiger partial charge on any atom is -0.424 e. The van der Waals surface area contributed by atoms with E-state index in [1.165, 1.54) is 4.90 Å². The topological polar surface area (TPSA) is 102 Å². The van der Waals surface area contributed by atoms with Crippen molar-refractivity contribution in [2.75, 3.05) is 7.11 Å². The molecule has 3 aliphatic rings. The third-order valence-corrected chi connectivity index (χ3v) is 6.44. The van der Waals surface area contributed by atoms with Crippen molar-refractivity contribution in [1.82, 2.24) is 4.90 Å². The van der Waals surface area contributed by atoms with Crippen LogP contribution in [0.25, 0.3) is 0 Å². The molecule has 174 valence electrons. The van der Waals surface area contributed by atoms with E-state index in [1.54, 1.807) is 48.7 Å². The normalized spacial score (nSPS) is 29.8. The number of aliphatic hydroxyl groups is 1. The fourth-order valence-electron chi connectivity index (χ4n) is 4.81. The van der Waals surface area contributed by atoms with Crippen molar-refractivity contribution in [3.8, 4) is 0 Å². The number of ether oxygens (including phenoxy) is 3. The van der Waals surface area contributed by atoms with Gasteiger partial charge in [-0.2, -0.15) is 0 Å². The van der Waals surface area contributed by atoms with Gasteiger partial charge in [-0.3, -0.25) is 9.59 Å². The third kappa shape index (κ3) is 4.12. The van der Waals surface area contributed by atoms with Gasteiger partial charge in [-0.25, -0.2) is 4.79 Å². The van der Waals surface area contributed by atoms with E-state index in [1.807, 2.05) is 0 Å². The Bertz CT molecular complexity index is 779. The molecule has 2 aliphatic heterocycles. The van der Waals surface area contributed by atoms with Gasteiger partial charge in [0.2, 0.25) is 12.2 Å². The SMILES string of the molecule is CO[C@H]1CCC[C@H]2C1=C(C(=O)OC(OC(=O)C(C)(C)C)C(C)C)N1C(=O)[C@H](C(C)O)[C@@H]21. The van der Waals surface area contributed by atoms with E-state index in [0.29, 0.717) is 0 Å². The fourth-order valence-corrected chi connectivity index (χ4v) is 4.81. The number of carbonyl (C=O) groups excluding carboxylic acids is 3. The zero-order chi connectivity index (χ0) is 23.2. The van der Waals surface area contributed by atoms with Gasteiger partial charge < -0.3 is 24.2 Å². The average molecular weight is 438 g/mol. The van der Waals surface area contributed by atoms with Crippen LogP contribution >= 0.6 is 0 Å². The van der Waals surface area contributed by atoms with Crippen molar-refractivity contribution >= 4 is 17.8 Å². The zero-order valence-corrected chi connectivity index (χ0v) is 19.5. The molecule has 3 rings (SSSR count). The molecule has 1 saturated carbocycles. The van der Waals surface area contributed by atoms with Crippen molar-refractivity contribution in [3.63, 3.8) is 0 Å². The summed E-state index contributed by atoms with van der Waals surface area (Å²) in [5, 5.41) is 10.2. The number of carbonyl (C=O) groups is 3. The van der Waals surface area contributed by atoms with Gasteiger partial charge in [0.05, 0.1) is 29.6 Å². The minimum atomic E-state index is -1.07. The van der Waals surface area contributed by atoms with Gasteiger partial charge in [-0.1, -0.05) is 13.8 Å². The van der Waals surface area contributed by atoms with Crippen molar-refractivity contribution in [1.29, 1.82) is 0 Å². The number of nitrogens with zero attached hydrogens (tertiary/aromatic N) is 1. The molecule has 2 heterocycles. The van der Waals surface area contributed by atoms with Gasteiger partial charge in [-0.15, -0.1) is 0 Å². The number of amides is 1. The first kappa shape index (κ1) is 23.7. The van der Waals surface area contributed by atoms with Crippen LogP contribution in [0.5, 0.6) is 0 Å². The van der Waals surface area contributed by atoms with Crippen LogP contribution in [0, 0.1) is 23.2 Å². The van der Waals surface area contributed by atoms with E-state index in [9.17, 15) is 19.5 Å². The van der Waals surface area contributed by atoms with Crippen LogP contribution in [0.15, 0.2) is 11.3 Å². The molecule has 2 unspecified atom stereocenters. The molecule has 2 fully saturated rings. The van der Waals surface area contributed by atoms with E-state index in [0.717, 1.165) is 24.8 Å². The highest BCUT2D eigenvalue weighted by molar-refractivity contribution is 6.01. The number of rotatable bonds is 6. The molecule has 1 aliphatic carbocycles. The molecular weight excluding hydrogens is 402 g/mol. The lowest BCUT2D eigenvalue weighted by molar-refractivity contribution is -0.201. The maximum Gasteiger partial charge on any atom is 0.358 e. The van der Waals surface area contributed by atoms with E-state index >= 15 is 0 Å². The van der Waals surface area contributed by atoms with E-state index in [-0.39, 0.29) is 35.6 Å². The Kier molecular flexibility index (Phi) is 6.54. The quantitative estimate of drug-likeness (QED) is 0.387. The van der Waals surface area contributed by atoms with Crippen LogP contribution in [0.1, 0.15) is 60.8 Å². The van der Waals surface area contributed by atoms with Gasteiger partial charge in [0.1, 0.15) is 5.70 Å². The standard InChI is InChI=1S/C23H35NO7/c1-11(2)21(31-22(28)23(4,5)6)30-20(27)18-16-13(9-8-10-14(16)29-7)17-15(12(3)25)19(26)24(17)18/h11-15,17,21,25H,8-10H2,1-7H3/t12?,13-,14-,15+,17+,21?/m0/s1. The van der Waals surface area contributed by atoms with Crippen molar-refractivity contribution in [2.45, 2.75) is 85.3 Å². The second kappa shape index (κ2) is 8.54. The smallest absolute Gasteiger partial charge is 0.358 e. The average Bonchev–Trinajstić information content (AvgIpc) is 2.96. The number of esters is 2. The maximum absolute atomic E-state index is 13.3. The third-order valence-electron chi connectivity index (χ3n) is 6.44. The Balaban J connectivity index is 1.91. The van der Waals surface area contributed by atoms with Crippen molar-refractivity contribution in [2.24, 2.45) is 23.2 Å². The lowest BCUT2D eigenvalue weighted by Crippen LogP contribution is -2.64. The number of β-lactam (4-membered cyclic amide) rings is 1. The number of hydrogen-bond donors (Lipinski definition) is 1. The summed E-state index contributed by atoms with van der Waals surface area (Å²) >= 11 is 0. The van der Waals surface area contributed by atoms with Crippen LogP contribution in [-0.2, 0) is 28.6 Å². The van der Waals surface area contributed by atoms with Crippen LogP contribution in [-0.4, -0.2) is 59.5 Å². The molecule has 0 aromatic heterocycles. The molecule has 6 atom stereocenters. The second-order valence-electron chi connectivity index (χ2n) is 10.2. The van der Waals surface area contributed by atoms with Gasteiger partial charge in [0, 0.05) is 18.9 Å². The minimum absolute atomic E-state index is 0.0480. The molecule has 0 aromatic rings. The largest absolute Gasteiger partial charge is 0.424 e. The van der Waals surface area contributed by atoms with Crippen molar-refractivity contribution < 1.29 is 33.7 Å². The Labute approximate surface area is 183 Å². The second-order valence-corrected chi connectivity index (χ2v) is 10.2. The number of methoxy groups -OCH3 is 1. The summed E-state index contributed by atoms with van der Waals surface area (Å²) in [6.07, 6.45) is 0.320. The molecule has 0 aromatic carbocycles. The highest BCUT2D eigenvalue weighted by Crippen LogP contribution is 2.52. The lowest BCUT2D eigenvalue weighted by atomic mass is 9.72. The molecule has 1 amide bonds. The molecule has 8 nitrogen and oxygen atoms in total. The molecule has 31 heavy (non-hydrogen) atoms. The Morgan fingerprint density at radius 2 is 1.77 bits per heavy atom.